The minimum Gasteiger partial charge on any atom is -0.462 e. The molecule has 1 N–H and O–H groups in total. The molecule has 2 unspecified atom stereocenters. The first-order valence-corrected chi connectivity index (χ1v) is 17.9. The number of aliphatic hydroxyl groups is 1. The number of hydrogen-bond acceptors (Lipinski definition) is 3. The van der Waals surface area contributed by atoms with Gasteiger partial charge in [-0.25, -0.2) is 0 Å². The molecule has 4 saturated carbocycles. The summed E-state index contributed by atoms with van der Waals surface area (Å²) in [7, 11) is 0. The van der Waals surface area contributed by atoms with Crippen molar-refractivity contribution in [1.29, 1.82) is 0 Å². The number of carbonyl (C=O) groups is 1. The molecule has 0 saturated heterocycles. The fourth-order valence-corrected chi connectivity index (χ4v) is 11.1. The average Bonchev–Trinajstić information content (AvgIpc) is 3.28. The topological polar surface area (TPSA) is 46.5 Å². The molecule has 0 aromatic carbocycles. The summed E-state index contributed by atoms with van der Waals surface area (Å²) in [6.45, 7) is 15.5. The Bertz CT molecular complexity index is 792. The minimum atomic E-state index is 0.0302. The van der Waals surface area contributed by atoms with Gasteiger partial charge in [0.05, 0.1) is 0 Å². The third-order valence-corrected chi connectivity index (χ3v) is 13.7. The molecule has 0 aromatic heterocycles. The van der Waals surface area contributed by atoms with Crippen molar-refractivity contribution in [3.63, 3.8) is 0 Å². The molecule has 0 aromatic rings. The number of fused-ring (bicyclic) bond motifs is 5. The first-order valence-electron chi connectivity index (χ1n) is 17.9. The largest absolute Gasteiger partial charge is 0.462 e. The Kier molecular flexibility index (Phi) is 11.5. The van der Waals surface area contributed by atoms with Crippen molar-refractivity contribution in [1.82, 2.24) is 0 Å². The van der Waals surface area contributed by atoms with Crippen molar-refractivity contribution in [2.45, 2.75) is 163 Å². The van der Waals surface area contributed by atoms with E-state index in [4.69, 9.17) is 9.84 Å². The number of rotatable bonds is 14. The van der Waals surface area contributed by atoms with E-state index in [0.717, 1.165) is 92.3 Å². The highest BCUT2D eigenvalue weighted by molar-refractivity contribution is 5.69. The number of carbonyl (C=O) groups excluding carboxylic acids is 1. The normalized spacial score (nSPS) is 38.8. The number of aliphatic hydroxyl groups excluding tert-OH is 1. The molecule has 0 amide bonds. The van der Waals surface area contributed by atoms with Crippen molar-refractivity contribution in [2.24, 2.45) is 58.2 Å². The lowest BCUT2D eigenvalue weighted by Gasteiger charge is -2.61. The van der Waals surface area contributed by atoms with Gasteiger partial charge in [-0.1, -0.05) is 73.6 Å². The zero-order valence-electron chi connectivity index (χ0n) is 27.4. The van der Waals surface area contributed by atoms with E-state index in [-0.39, 0.29) is 18.7 Å². The van der Waals surface area contributed by atoms with Crippen molar-refractivity contribution >= 4 is 5.97 Å². The molecule has 0 heterocycles. The summed E-state index contributed by atoms with van der Waals surface area (Å²) in [6.07, 6.45) is 22.0. The summed E-state index contributed by atoms with van der Waals surface area (Å²) in [5, 5.41) is 8.92. The molecule has 0 spiro atoms. The van der Waals surface area contributed by atoms with Crippen molar-refractivity contribution < 1.29 is 14.6 Å². The third-order valence-electron chi connectivity index (χ3n) is 13.7. The van der Waals surface area contributed by atoms with E-state index in [2.05, 4.69) is 41.5 Å². The third kappa shape index (κ3) is 6.97. The fourth-order valence-electron chi connectivity index (χ4n) is 11.1. The summed E-state index contributed by atoms with van der Waals surface area (Å²) >= 11 is 0. The maximum absolute atomic E-state index is 12.6. The Morgan fingerprint density at radius 3 is 2.27 bits per heavy atom. The maximum atomic E-state index is 12.6. The number of ether oxygens (including phenoxy) is 1. The highest BCUT2D eigenvalue weighted by atomic mass is 16.5. The second-order valence-corrected chi connectivity index (χ2v) is 16.0. The molecule has 3 nitrogen and oxygen atoms in total. The zero-order valence-corrected chi connectivity index (χ0v) is 27.4. The molecule has 232 valence electrons. The molecule has 4 aliphatic carbocycles. The Labute approximate surface area is 248 Å². The van der Waals surface area contributed by atoms with Crippen LogP contribution in [0.15, 0.2) is 0 Å². The van der Waals surface area contributed by atoms with Crippen LogP contribution in [0.3, 0.4) is 0 Å². The molecule has 4 fully saturated rings. The van der Waals surface area contributed by atoms with E-state index in [9.17, 15) is 4.79 Å². The SMILES string of the molecule is CC[C@H](CC[C@@H](C)[C@H]1CC[C@H]2[C@@H]3CCC4CC(OC(=O)CCCCCCCO)CC[C@]4(C)[C@H]3CC[C@]12C)C(C)C. The Hall–Kier alpha value is -0.570. The van der Waals surface area contributed by atoms with Crippen LogP contribution in [0.5, 0.6) is 0 Å². The van der Waals surface area contributed by atoms with E-state index in [0.29, 0.717) is 17.3 Å². The van der Waals surface area contributed by atoms with Gasteiger partial charge in [0.2, 0.25) is 0 Å². The quantitative estimate of drug-likeness (QED) is 0.170. The van der Waals surface area contributed by atoms with E-state index < -0.39 is 0 Å². The first-order chi connectivity index (χ1) is 19.1. The first kappa shape index (κ1) is 32.3. The van der Waals surface area contributed by atoms with Gasteiger partial charge in [-0.05, 0) is 135 Å². The van der Waals surface area contributed by atoms with Crippen LogP contribution in [-0.2, 0) is 9.53 Å². The molecular weight excluding hydrogens is 492 g/mol. The van der Waals surface area contributed by atoms with Crippen molar-refractivity contribution in [2.75, 3.05) is 6.61 Å². The van der Waals surface area contributed by atoms with Crippen LogP contribution in [0.1, 0.15) is 157 Å². The van der Waals surface area contributed by atoms with Gasteiger partial charge in [0.15, 0.2) is 0 Å². The molecule has 3 heteroatoms. The second-order valence-electron chi connectivity index (χ2n) is 16.0. The van der Waals surface area contributed by atoms with Gasteiger partial charge in [-0.15, -0.1) is 0 Å². The van der Waals surface area contributed by atoms with Crippen LogP contribution in [0.4, 0.5) is 0 Å². The van der Waals surface area contributed by atoms with Crippen LogP contribution >= 0.6 is 0 Å². The molecule has 40 heavy (non-hydrogen) atoms. The van der Waals surface area contributed by atoms with Crippen LogP contribution in [0, 0.1) is 58.2 Å². The van der Waals surface area contributed by atoms with Gasteiger partial charge in [-0.2, -0.15) is 0 Å². The predicted molar refractivity (Wildman–Crippen MR) is 167 cm³/mol. The molecule has 10 atom stereocenters. The molecule has 0 aliphatic heterocycles. The van der Waals surface area contributed by atoms with Crippen molar-refractivity contribution in [3.05, 3.63) is 0 Å². The smallest absolute Gasteiger partial charge is 0.306 e. The predicted octanol–water partition coefficient (Wildman–Crippen LogP) is 9.99. The highest BCUT2D eigenvalue weighted by Crippen LogP contribution is 2.68. The lowest BCUT2D eigenvalue weighted by Crippen LogP contribution is -2.54. The summed E-state index contributed by atoms with van der Waals surface area (Å²) in [4.78, 5) is 12.6. The Balaban J connectivity index is 1.29. The van der Waals surface area contributed by atoms with Crippen LogP contribution in [0.2, 0.25) is 0 Å². The fraction of sp³-hybridized carbons (Fsp3) is 0.973. The van der Waals surface area contributed by atoms with E-state index >= 15 is 0 Å². The second kappa shape index (κ2) is 14.3. The Morgan fingerprint density at radius 2 is 1.55 bits per heavy atom. The molecule has 0 radical (unpaired) electrons. The summed E-state index contributed by atoms with van der Waals surface area (Å²) in [5.41, 5.74) is 1.02. The van der Waals surface area contributed by atoms with Gasteiger partial charge in [0, 0.05) is 13.0 Å². The maximum Gasteiger partial charge on any atom is 0.306 e. The van der Waals surface area contributed by atoms with E-state index in [1.807, 2.05) is 0 Å². The van der Waals surface area contributed by atoms with E-state index in [1.54, 1.807) is 0 Å². The molecule has 0 bridgehead atoms. The zero-order chi connectivity index (χ0) is 28.9. The summed E-state index contributed by atoms with van der Waals surface area (Å²) < 4.78 is 6.06. The number of esters is 1. The highest BCUT2D eigenvalue weighted by Gasteiger charge is 2.60. The number of unbranched alkanes of at least 4 members (excludes halogenated alkanes) is 4. The summed E-state index contributed by atoms with van der Waals surface area (Å²) in [5.74, 6) is 7.05. The van der Waals surface area contributed by atoms with Crippen molar-refractivity contribution in [3.8, 4) is 0 Å². The van der Waals surface area contributed by atoms with Crippen LogP contribution < -0.4 is 0 Å². The molecule has 4 aliphatic rings. The lowest BCUT2D eigenvalue weighted by molar-refractivity contribution is -0.162. The average molecular weight is 559 g/mol. The molecular formula is C37H66O3. The van der Waals surface area contributed by atoms with Gasteiger partial charge in [0.1, 0.15) is 6.10 Å². The summed E-state index contributed by atoms with van der Waals surface area (Å²) in [6, 6.07) is 0. The van der Waals surface area contributed by atoms with Gasteiger partial charge >= 0.3 is 5.97 Å². The monoisotopic (exact) mass is 559 g/mol. The lowest BCUT2D eigenvalue weighted by atomic mass is 9.44. The number of hydrogen-bond donors (Lipinski definition) is 1. The van der Waals surface area contributed by atoms with Crippen LogP contribution in [0.25, 0.3) is 0 Å². The minimum absolute atomic E-state index is 0.0302. The standard InChI is InChI=1S/C37H66O3/c1-7-28(26(2)3)15-14-27(4)32-18-19-33-31-17-16-29-25-30(40-35(39)13-11-9-8-10-12-24-38)20-22-36(29,5)34(31)21-23-37(32,33)6/h26-34,38H,7-25H2,1-6H3/t27-,28-,29?,30?,31+,32-,33+,34+,36+,37-/m1/s1. The van der Waals surface area contributed by atoms with Crippen LogP contribution in [-0.4, -0.2) is 23.8 Å². The Morgan fingerprint density at radius 1 is 0.850 bits per heavy atom. The van der Waals surface area contributed by atoms with Gasteiger partial charge < -0.3 is 9.84 Å². The molecule has 4 rings (SSSR count). The van der Waals surface area contributed by atoms with Gasteiger partial charge in [0.25, 0.3) is 0 Å². The van der Waals surface area contributed by atoms with E-state index in [1.165, 1.54) is 64.2 Å². The van der Waals surface area contributed by atoms with Gasteiger partial charge in [-0.3, -0.25) is 4.79 Å².